The van der Waals surface area contributed by atoms with Gasteiger partial charge >= 0.3 is 12.5 Å². The summed E-state index contributed by atoms with van der Waals surface area (Å²) in [4.78, 5) is 2.86. The maximum absolute atomic E-state index is 12.6. The molecule has 0 unspecified atom stereocenters. The normalized spacial score (nSPS) is 12.9. The molecule has 0 aliphatic rings. The summed E-state index contributed by atoms with van der Waals surface area (Å²) in [5, 5.41) is 0. The van der Waals surface area contributed by atoms with E-state index in [-0.39, 0.29) is 0 Å². The summed E-state index contributed by atoms with van der Waals surface area (Å²) in [6, 6.07) is 0.345. The van der Waals surface area contributed by atoms with Crippen LogP contribution in [0.15, 0.2) is 6.07 Å². The summed E-state index contributed by atoms with van der Waals surface area (Å²) in [6.45, 7) is 0. The lowest BCUT2D eigenvalue weighted by atomic mass is 10.1. The van der Waals surface area contributed by atoms with Gasteiger partial charge in [-0.05, 0) is 28.7 Å². The topological polar surface area (TPSA) is 22.1 Å². The van der Waals surface area contributed by atoms with E-state index in [2.05, 4.69) is 9.72 Å². The molecule has 0 amide bonds. The summed E-state index contributed by atoms with van der Waals surface area (Å²) in [6.07, 6.45) is -14.6. The van der Waals surface area contributed by atoms with Crippen molar-refractivity contribution in [1.82, 2.24) is 4.98 Å². The number of aromatic nitrogens is 1. The van der Waals surface area contributed by atoms with Gasteiger partial charge < -0.3 is 4.74 Å². The number of hydrogen-bond acceptors (Lipinski definition) is 2. The third kappa shape index (κ3) is 4.31. The standard InChI is InChI=1S/C8H2F8INO/c9-5(10)2-1-3(17)18-6(19-8(14,15)16)4(2)7(11,12)13/h1,5H. The van der Waals surface area contributed by atoms with Gasteiger partial charge in [-0.3, -0.25) is 0 Å². The van der Waals surface area contributed by atoms with Crippen LogP contribution in [0, 0.1) is 3.70 Å². The average Bonchev–Trinajstić information content (AvgIpc) is 2.10. The maximum Gasteiger partial charge on any atom is 0.574 e. The molecule has 0 bridgehead atoms. The highest BCUT2D eigenvalue weighted by molar-refractivity contribution is 14.1. The Morgan fingerprint density at radius 1 is 1.11 bits per heavy atom. The third-order valence-corrected chi connectivity index (χ3v) is 2.27. The van der Waals surface area contributed by atoms with Crippen molar-refractivity contribution in [1.29, 1.82) is 0 Å². The molecule has 1 rings (SSSR count). The largest absolute Gasteiger partial charge is 0.574 e. The number of alkyl halides is 8. The molecule has 0 saturated carbocycles. The SMILES string of the molecule is FC(F)c1cc(I)nc(OC(F)(F)F)c1C(F)(F)F. The predicted molar refractivity (Wildman–Crippen MR) is 53.6 cm³/mol. The Hall–Kier alpha value is -0.880. The predicted octanol–water partition coefficient (Wildman–Crippen LogP) is 4.54. The van der Waals surface area contributed by atoms with Crippen LogP contribution < -0.4 is 4.74 Å². The van der Waals surface area contributed by atoms with Gasteiger partial charge in [-0.1, -0.05) is 0 Å². The monoisotopic (exact) mass is 407 g/mol. The van der Waals surface area contributed by atoms with Crippen molar-refractivity contribution in [2.75, 3.05) is 0 Å². The molecule has 0 fully saturated rings. The average molecular weight is 407 g/mol. The molecule has 1 aromatic heterocycles. The molecule has 0 N–H and O–H groups in total. The lowest BCUT2D eigenvalue weighted by Crippen LogP contribution is -2.22. The van der Waals surface area contributed by atoms with Gasteiger partial charge in [0.25, 0.3) is 6.43 Å². The first-order valence-electron chi connectivity index (χ1n) is 4.23. The fraction of sp³-hybridized carbons (Fsp3) is 0.375. The second-order valence-corrected chi connectivity index (χ2v) is 4.17. The van der Waals surface area contributed by atoms with Crippen LogP contribution in [0.25, 0.3) is 0 Å². The van der Waals surface area contributed by atoms with Crippen molar-refractivity contribution < 1.29 is 39.9 Å². The van der Waals surface area contributed by atoms with Gasteiger partial charge in [0.15, 0.2) is 0 Å². The molecule has 0 saturated heterocycles. The lowest BCUT2D eigenvalue weighted by molar-refractivity contribution is -0.278. The maximum atomic E-state index is 12.6. The van der Waals surface area contributed by atoms with Crippen molar-refractivity contribution >= 4 is 22.6 Å². The summed E-state index contributed by atoms with van der Waals surface area (Å²) < 4.78 is 101. The van der Waals surface area contributed by atoms with Gasteiger partial charge in [-0.2, -0.15) is 13.2 Å². The molecule has 0 atom stereocenters. The highest BCUT2D eigenvalue weighted by atomic mass is 127. The molecular weight excluding hydrogens is 405 g/mol. The van der Waals surface area contributed by atoms with E-state index in [9.17, 15) is 35.1 Å². The van der Waals surface area contributed by atoms with Gasteiger partial charge in [-0.15, -0.1) is 13.2 Å². The molecule has 2 nitrogen and oxygen atoms in total. The number of hydrogen-bond donors (Lipinski definition) is 0. The first-order chi connectivity index (χ1) is 8.42. The van der Waals surface area contributed by atoms with E-state index >= 15 is 0 Å². The number of pyridine rings is 1. The van der Waals surface area contributed by atoms with Crippen LogP contribution >= 0.6 is 22.6 Å². The second kappa shape index (κ2) is 5.25. The second-order valence-electron chi connectivity index (χ2n) is 3.06. The van der Waals surface area contributed by atoms with Crippen molar-refractivity contribution in [2.24, 2.45) is 0 Å². The molecule has 0 aliphatic heterocycles. The zero-order chi connectivity index (χ0) is 15.0. The molecular formula is C8H2F8INO. The molecule has 19 heavy (non-hydrogen) atoms. The number of halogens is 9. The Morgan fingerprint density at radius 2 is 1.63 bits per heavy atom. The molecule has 1 heterocycles. The first kappa shape index (κ1) is 16.2. The van der Waals surface area contributed by atoms with Gasteiger partial charge in [0.05, 0.1) is 0 Å². The van der Waals surface area contributed by atoms with Crippen molar-refractivity contribution in [3.05, 3.63) is 20.9 Å². The van der Waals surface area contributed by atoms with Crippen molar-refractivity contribution in [3.63, 3.8) is 0 Å². The summed E-state index contributed by atoms with van der Waals surface area (Å²) in [7, 11) is 0. The van der Waals surface area contributed by atoms with Crippen LogP contribution in [0.2, 0.25) is 0 Å². The van der Waals surface area contributed by atoms with Crippen LogP contribution in [-0.4, -0.2) is 11.3 Å². The van der Waals surface area contributed by atoms with Gasteiger partial charge in [0.2, 0.25) is 5.88 Å². The minimum atomic E-state index is -5.48. The van der Waals surface area contributed by atoms with E-state index in [1.807, 2.05) is 0 Å². The summed E-state index contributed by atoms with van der Waals surface area (Å²) >= 11 is 1.20. The zero-order valence-electron chi connectivity index (χ0n) is 8.41. The van der Waals surface area contributed by atoms with Gasteiger partial charge in [-0.25, -0.2) is 13.8 Å². The minimum absolute atomic E-state index is 0.345. The van der Waals surface area contributed by atoms with Gasteiger partial charge in [0.1, 0.15) is 9.26 Å². The Labute approximate surface area is 113 Å². The molecule has 108 valence electrons. The van der Waals surface area contributed by atoms with E-state index in [0.717, 1.165) is 0 Å². The highest BCUT2D eigenvalue weighted by Crippen LogP contribution is 2.43. The third-order valence-electron chi connectivity index (χ3n) is 1.72. The zero-order valence-corrected chi connectivity index (χ0v) is 10.6. The Kier molecular flexibility index (Phi) is 4.47. The Bertz CT molecular complexity index is 469. The van der Waals surface area contributed by atoms with Crippen molar-refractivity contribution in [2.45, 2.75) is 19.0 Å². The Morgan fingerprint density at radius 3 is 2.00 bits per heavy atom. The highest BCUT2D eigenvalue weighted by Gasteiger charge is 2.44. The molecule has 0 aliphatic carbocycles. The van der Waals surface area contributed by atoms with Crippen LogP contribution in [-0.2, 0) is 6.18 Å². The molecule has 0 radical (unpaired) electrons. The number of rotatable bonds is 2. The molecule has 11 heteroatoms. The van der Waals surface area contributed by atoms with Gasteiger partial charge in [0, 0.05) is 5.56 Å². The molecule has 1 aromatic rings. The molecule has 0 spiro atoms. The minimum Gasteiger partial charge on any atom is -0.387 e. The summed E-state index contributed by atoms with van der Waals surface area (Å²) in [5.41, 5.74) is -3.86. The van der Waals surface area contributed by atoms with Crippen molar-refractivity contribution in [3.8, 4) is 5.88 Å². The van der Waals surface area contributed by atoms with Crippen LogP contribution in [0.3, 0.4) is 0 Å². The number of nitrogens with zero attached hydrogens (tertiary/aromatic N) is 1. The lowest BCUT2D eigenvalue weighted by Gasteiger charge is -2.17. The smallest absolute Gasteiger partial charge is 0.387 e. The van der Waals surface area contributed by atoms with E-state index in [4.69, 9.17) is 0 Å². The van der Waals surface area contributed by atoms with Crippen LogP contribution in [0.4, 0.5) is 35.1 Å². The van der Waals surface area contributed by atoms with E-state index in [1.54, 1.807) is 0 Å². The first-order valence-corrected chi connectivity index (χ1v) is 5.31. The summed E-state index contributed by atoms with van der Waals surface area (Å²) in [5.74, 6) is -1.94. The van der Waals surface area contributed by atoms with E-state index in [1.165, 1.54) is 22.6 Å². The number of ether oxygens (including phenoxy) is 1. The Balaban J connectivity index is 3.52. The fourth-order valence-electron chi connectivity index (χ4n) is 1.15. The van der Waals surface area contributed by atoms with E-state index in [0.29, 0.717) is 6.07 Å². The van der Waals surface area contributed by atoms with Crippen LogP contribution in [0.1, 0.15) is 17.6 Å². The fourth-order valence-corrected chi connectivity index (χ4v) is 1.70. The van der Waals surface area contributed by atoms with E-state index < -0.39 is 39.7 Å². The quantitative estimate of drug-likeness (QED) is 0.408. The van der Waals surface area contributed by atoms with Crippen LogP contribution in [0.5, 0.6) is 5.88 Å². The molecule has 0 aromatic carbocycles.